The Labute approximate surface area is 203 Å². The van der Waals surface area contributed by atoms with Crippen LogP contribution in [0.15, 0.2) is 36.7 Å². The molecule has 2 saturated heterocycles. The Balaban J connectivity index is 1.24. The molecule has 1 saturated carbocycles. The predicted molar refractivity (Wildman–Crippen MR) is 130 cm³/mol. The molecule has 0 radical (unpaired) electrons. The highest BCUT2D eigenvalue weighted by Crippen LogP contribution is 2.38. The lowest BCUT2D eigenvalue weighted by Gasteiger charge is -2.45. The quantitative estimate of drug-likeness (QED) is 0.514. The number of ether oxygens (including phenoxy) is 1. The van der Waals surface area contributed by atoms with Crippen molar-refractivity contribution in [2.45, 2.75) is 69.1 Å². The smallest absolute Gasteiger partial charge is 0.255 e. The van der Waals surface area contributed by atoms with Crippen molar-refractivity contribution < 1.29 is 14.2 Å². The molecule has 8 nitrogen and oxygen atoms in total. The second-order valence-electron chi connectivity index (χ2n) is 9.84. The first-order valence-electron chi connectivity index (χ1n) is 12.4. The summed E-state index contributed by atoms with van der Waals surface area (Å²) in [5, 5.41) is 23.4. The number of hydrogen-bond donors (Lipinski definition) is 2. The molecule has 182 valence electrons. The molecule has 2 bridgehead atoms. The molecule has 2 aliphatic heterocycles. The fourth-order valence-corrected chi connectivity index (χ4v) is 5.63. The highest BCUT2D eigenvalue weighted by atomic mass is 19.1. The molecule has 1 aliphatic carbocycles. The number of rotatable bonds is 6. The number of phenolic OH excluding ortho intramolecular Hbond substituents is 1. The van der Waals surface area contributed by atoms with Gasteiger partial charge in [-0.2, -0.15) is 4.39 Å². The number of phenols is 1. The van der Waals surface area contributed by atoms with Crippen LogP contribution < -0.4 is 15.0 Å². The summed E-state index contributed by atoms with van der Waals surface area (Å²) in [5.74, 6) is 0.578. The van der Waals surface area contributed by atoms with E-state index in [9.17, 15) is 9.50 Å². The van der Waals surface area contributed by atoms with Gasteiger partial charge in [0, 0.05) is 35.9 Å². The Morgan fingerprint density at radius 3 is 2.43 bits per heavy atom. The maximum Gasteiger partial charge on any atom is 0.255 e. The van der Waals surface area contributed by atoms with Gasteiger partial charge in [-0.25, -0.2) is 9.97 Å². The number of anilines is 1. The van der Waals surface area contributed by atoms with Gasteiger partial charge in [0.05, 0.1) is 18.9 Å². The Bertz CT molecular complexity index is 1210. The van der Waals surface area contributed by atoms with Crippen LogP contribution in [0.4, 0.5) is 10.2 Å². The zero-order valence-electron chi connectivity index (χ0n) is 19.7. The minimum absolute atomic E-state index is 0.0190. The second kappa shape index (κ2) is 9.03. The topological polar surface area (TPSA) is 96.3 Å². The van der Waals surface area contributed by atoms with Gasteiger partial charge in [-0.15, -0.1) is 10.2 Å². The first-order valence-corrected chi connectivity index (χ1v) is 12.4. The Kier molecular flexibility index (Phi) is 5.72. The molecule has 0 amide bonds. The molecule has 2 aromatic heterocycles. The number of halogens is 1. The van der Waals surface area contributed by atoms with Gasteiger partial charge in [0.1, 0.15) is 5.75 Å². The number of nitrogens with zero attached hydrogens (tertiary/aromatic N) is 5. The maximum absolute atomic E-state index is 13.7. The molecule has 3 atom stereocenters. The molecular weight excluding hydrogens is 447 g/mol. The monoisotopic (exact) mass is 476 g/mol. The van der Waals surface area contributed by atoms with Crippen LogP contribution in [0.25, 0.3) is 22.5 Å². The lowest BCUT2D eigenvalue weighted by atomic mass is 9.83. The summed E-state index contributed by atoms with van der Waals surface area (Å²) in [6, 6.07) is 8.87. The molecule has 1 aromatic carbocycles. The summed E-state index contributed by atoms with van der Waals surface area (Å²) in [4.78, 5) is 10.8. The first-order chi connectivity index (χ1) is 17.1. The summed E-state index contributed by atoms with van der Waals surface area (Å²) in [7, 11) is 1.39. The highest BCUT2D eigenvalue weighted by Gasteiger charge is 2.40. The van der Waals surface area contributed by atoms with E-state index in [-0.39, 0.29) is 11.5 Å². The van der Waals surface area contributed by atoms with E-state index in [1.165, 1.54) is 45.4 Å². The normalized spacial score (nSPS) is 23.7. The van der Waals surface area contributed by atoms with E-state index in [0.717, 1.165) is 18.7 Å². The van der Waals surface area contributed by atoms with Crippen molar-refractivity contribution >= 4 is 5.82 Å². The molecule has 35 heavy (non-hydrogen) atoms. The zero-order chi connectivity index (χ0) is 23.9. The second-order valence-corrected chi connectivity index (χ2v) is 9.84. The average Bonchev–Trinajstić information content (AvgIpc) is 3.70. The molecule has 3 aliphatic rings. The van der Waals surface area contributed by atoms with Gasteiger partial charge in [0.2, 0.25) is 0 Å². The van der Waals surface area contributed by atoms with Crippen LogP contribution in [0.1, 0.15) is 44.9 Å². The zero-order valence-corrected chi connectivity index (χ0v) is 19.7. The highest BCUT2D eigenvalue weighted by molar-refractivity contribution is 5.73. The van der Waals surface area contributed by atoms with Crippen LogP contribution >= 0.6 is 0 Å². The number of aromatic nitrogens is 4. The van der Waals surface area contributed by atoms with Crippen molar-refractivity contribution in [1.82, 2.24) is 25.5 Å². The van der Waals surface area contributed by atoms with Crippen molar-refractivity contribution in [2.24, 2.45) is 0 Å². The minimum atomic E-state index is -0.676. The van der Waals surface area contributed by atoms with Gasteiger partial charge < -0.3 is 20.1 Å². The van der Waals surface area contributed by atoms with Crippen LogP contribution in [0, 0.1) is 5.95 Å². The molecule has 4 heterocycles. The first kappa shape index (κ1) is 22.2. The summed E-state index contributed by atoms with van der Waals surface area (Å²) in [6.45, 7) is 0. The lowest BCUT2D eigenvalue weighted by Crippen LogP contribution is -2.55. The summed E-state index contributed by atoms with van der Waals surface area (Å²) in [6.07, 6.45) is 11.7. The largest absolute Gasteiger partial charge is 0.507 e. The van der Waals surface area contributed by atoms with Gasteiger partial charge in [0.25, 0.3) is 5.95 Å². The fourth-order valence-electron chi connectivity index (χ4n) is 5.63. The molecule has 0 spiro atoms. The predicted octanol–water partition coefficient (Wildman–Crippen LogP) is 4.10. The van der Waals surface area contributed by atoms with Crippen LogP contribution in [0.2, 0.25) is 0 Å². The number of methoxy groups -OCH3 is 1. The van der Waals surface area contributed by atoms with Crippen molar-refractivity contribution in [3.63, 3.8) is 0 Å². The maximum atomic E-state index is 13.7. The Hall–Kier alpha value is -3.33. The summed E-state index contributed by atoms with van der Waals surface area (Å²) >= 11 is 0. The lowest BCUT2D eigenvalue weighted by molar-refractivity contribution is 0.215. The van der Waals surface area contributed by atoms with Gasteiger partial charge in [0.15, 0.2) is 17.4 Å². The van der Waals surface area contributed by atoms with Gasteiger partial charge in [-0.05, 0) is 62.3 Å². The number of piperidine rings is 2. The van der Waals surface area contributed by atoms with Crippen LogP contribution in [0.5, 0.6) is 11.5 Å². The molecule has 2 N–H and O–H groups in total. The standard InChI is InChI=1S/C26H29FN6O2/c1-35-23-10-16(13-28-25(23)27)15-5-8-21(22(34)9-15)26-29-14-24(31-32-26)33(19-6-7-19)20-11-17-3-2-4-18(12-20)30-17/h5,8-10,13-14,17-20,30,34H,2-4,6-7,11-12H2,1H3/t17-,18+,20?. The van der Waals surface area contributed by atoms with Gasteiger partial charge in [-0.3, -0.25) is 0 Å². The van der Waals surface area contributed by atoms with Gasteiger partial charge >= 0.3 is 0 Å². The van der Waals surface area contributed by atoms with Crippen LogP contribution in [-0.2, 0) is 0 Å². The average molecular weight is 477 g/mol. The molecule has 3 aromatic rings. The fraction of sp³-hybridized carbons (Fsp3) is 0.462. The molecule has 9 heteroatoms. The Morgan fingerprint density at radius 2 is 1.77 bits per heavy atom. The van der Waals surface area contributed by atoms with E-state index >= 15 is 0 Å². The minimum Gasteiger partial charge on any atom is -0.507 e. The Morgan fingerprint density at radius 1 is 0.971 bits per heavy atom. The number of benzene rings is 1. The van der Waals surface area contributed by atoms with Crippen molar-refractivity contribution in [2.75, 3.05) is 12.0 Å². The third-order valence-electron chi connectivity index (χ3n) is 7.44. The van der Waals surface area contributed by atoms with E-state index in [1.807, 2.05) is 6.07 Å². The number of nitrogens with one attached hydrogen (secondary N) is 1. The van der Waals surface area contributed by atoms with Crippen molar-refractivity contribution in [1.29, 1.82) is 0 Å². The number of aromatic hydroxyl groups is 1. The molecule has 1 unspecified atom stereocenters. The summed E-state index contributed by atoms with van der Waals surface area (Å²) < 4.78 is 18.7. The van der Waals surface area contributed by atoms with Crippen molar-refractivity contribution in [3.8, 4) is 34.0 Å². The number of fused-ring (bicyclic) bond motifs is 2. The molecular formula is C26H29FN6O2. The molecule has 6 rings (SSSR count). The summed E-state index contributed by atoms with van der Waals surface area (Å²) in [5.41, 5.74) is 1.80. The SMILES string of the molecule is COc1cc(-c2ccc(-c3ncc(N(C4CC4)C4C[C@H]5CCC[C@@H](C4)N5)nn3)c(O)c2)cnc1F. The van der Waals surface area contributed by atoms with Gasteiger partial charge in [-0.1, -0.05) is 12.5 Å². The molecule has 3 fully saturated rings. The van der Waals surface area contributed by atoms with E-state index in [1.54, 1.807) is 24.4 Å². The third kappa shape index (κ3) is 4.40. The van der Waals surface area contributed by atoms with E-state index in [4.69, 9.17) is 4.74 Å². The number of hydrogen-bond acceptors (Lipinski definition) is 8. The van der Waals surface area contributed by atoms with Crippen LogP contribution in [-0.4, -0.2) is 56.5 Å². The van der Waals surface area contributed by atoms with Crippen LogP contribution in [0.3, 0.4) is 0 Å². The van der Waals surface area contributed by atoms with E-state index in [2.05, 4.69) is 30.4 Å². The van der Waals surface area contributed by atoms with E-state index < -0.39 is 5.95 Å². The number of pyridine rings is 1. The van der Waals surface area contributed by atoms with Crippen molar-refractivity contribution in [3.05, 3.63) is 42.6 Å². The van der Waals surface area contributed by atoms with E-state index in [0.29, 0.717) is 46.7 Å². The third-order valence-corrected chi connectivity index (χ3v) is 7.44.